The van der Waals surface area contributed by atoms with Crippen LogP contribution < -0.4 is 10.2 Å². The molecule has 3 atom stereocenters. The first-order chi connectivity index (χ1) is 15.1. The fraction of sp³-hybridized carbons (Fsp3) is 0.519. The monoisotopic (exact) mass is 437 g/mol. The highest BCUT2D eigenvalue weighted by Gasteiger charge is 2.34. The molecule has 2 aromatic rings. The number of nitrogens with one attached hydrogen (secondary N) is 2. The Morgan fingerprint density at radius 3 is 2.69 bits per heavy atom. The van der Waals surface area contributed by atoms with Gasteiger partial charge in [-0.1, -0.05) is 44.6 Å². The van der Waals surface area contributed by atoms with Crippen molar-refractivity contribution in [1.29, 1.82) is 0 Å². The molecule has 174 valence electrons. The highest BCUT2D eigenvalue weighted by atomic mass is 16.3. The van der Waals surface area contributed by atoms with Crippen molar-refractivity contribution in [2.45, 2.75) is 71.4 Å². The molecule has 1 amide bonds. The Bertz CT molecular complexity index is 1020. The third-order valence-corrected chi connectivity index (χ3v) is 6.91. The maximum atomic E-state index is 13.1. The first kappa shape index (κ1) is 24.1. The number of hydrogen-bond acceptors (Lipinski definition) is 3. The summed E-state index contributed by atoms with van der Waals surface area (Å²) in [6.45, 7) is 14.7. The lowest BCUT2D eigenvalue weighted by Gasteiger charge is -2.33. The quantitative estimate of drug-likeness (QED) is 0.542. The summed E-state index contributed by atoms with van der Waals surface area (Å²) >= 11 is 0. The summed E-state index contributed by atoms with van der Waals surface area (Å²) < 4.78 is 0. The van der Waals surface area contributed by atoms with Crippen molar-refractivity contribution < 1.29 is 9.90 Å². The van der Waals surface area contributed by atoms with Crippen LogP contribution in [0.5, 0.6) is 0 Å². The van der Waals surface area contributed by atoms with Crippen LogP contribution >= 0.6 is 0 Å². The first-order valence-electron chi connectivity index (χ1n) is 11.7. The van der Waals surface area contributed by atoms with E-state index in [0.29, 0.717) is 6.42 Å². The Morgan fingerprint density at radius 1 is 1.38 bits per heavy atom. The number of anilines is 1. The van der Waals surface area contributed by atoms with Gasteiger partial charge in [-0.2, -0.15) is 0 Å². The van der Waals surface area contributed by atoms with Gasteiger partial charge in [0.1, 0.15) is 6.04 Å². The Kier molecular flexibility index (Phi) is 7.19. The van der Waals surface area contributed by atoms with Gasteiger partial charge in [0.15, 0.2) is 0 Å². The summed E-state index contributed by atoms with van der Waals surface area (Å²) in [4.78, 5) is 18.7. The normalized spacial score (nSPS) is 20.9. The lowest BCUT2D eigenvalue weighted by atomic mass is 9.77. The van der Waals surface area contributed by atoms with E-state index in [0.717, 1.165) is 35.0 Å². The molecule has 0 saturated heterocycles. The lowest BCUT2D eigenvalue weighted by Crippen LogP contribution is -2.52. The molecule has 0 spiro atoms. The summed E-state index contributed by atoms with van der Waals surface area (Å²) in [5.74, 6) is 0.0858. The second-order valence-electron chi connectivity index (χ2n) is 10.0. The fourth-order valence-electron chi connectivity index (χ4n) is 5.03. The van der Waals surface area contributed by atoms with Gasteiger partial charge in [0.25, 0.3) is 0 Å². The minimum absolute atomic E-state index is 0.0365. The maximum Gasteiger partial charge on any atom is 0.243 e. The summed E-state index contributed by atoms with van der Waals surface area (Å²) in [5.41, 5.74) is 5.61. The van der Waals surface area contributed by atoms with Gasteiger partial charge in [-0.15, -0.1) is 6.58 Å². The molecule has 1 aromatic heterocycles. The maximum absolute atomic E-state index is 13.1. The second-order valence-corrected chi connectivity index (χ2v) is 10.0. The fourth-order valence-corrected chi connectivity index (χ4v) is 5.03. The number of aliphatic hydroxyl groups is 1. The number of benzene rings is 1. The van der Waals surface area contributed by atoms with Crippen LogP contribution in [0.15, 0.2) is 42.6 Å². The number of aromatic nitrogens is 1. The molecule has 0 saturated carbocycles. The van der Waals surface area contributed by atoms with Crippen LogP contribution in [0.1, 0.15) is 58.6 Å². The first-order valence-corrected chi connectivity index (χ1v) is 11.7. The summed E-state index contributed by atoms with van der Waals surface area (Å²) in [6, 6.07) is 3.71. The molecule has 2 heterocycles. The third kappa shape index (κ3) is 4.49. The largest absolute Gasteiger partial charge is 0.394 e. The molecule has 5 nitrogen and oxygen atoms in total. The number of nitrogens with zero attached hydrogens (tertiary/aromatic N) is 1. The average molecular weight is 438 g/mol. The van der Waals surface area contributed by atoms with Crippen LogP contribution in [-0.2, 0) is 16.6 Å². The number of amides is 1. The van der Waals surface area contributed by atoms with Crippen LogP contribution in [0, 0.1) is 5.92 Å². The van der Waals surface area contributed by atoms with E-state index < -0.39 is 0 Å². The van der Waals surface area contributed by atoms with Gasteiger partial charge in [0.2, 0.25) is 5.91 Å². The van der Waals surface area contributed by atoms with Gasteiger partial charge < -0.3 is 20.3 Å². The third-order valence-electron chi connectivity index (χ3n) is 6.91. The van der Waals surface area contributed by atoms with E-state index in [1.165, 1.54) is 11.1 Å². The van der Waals surface area contributed by atoms with Gasteiger partial charge in [-0.25, -0.2) is 0 Å². The Hall–Kier alpha value is -2.53. The van der Waals surface area contributed by atoms with Crippen molar-refractivity contribution in [3.8, 4) is 0 Å². The number of aliphatic hydroxyl groups excluding tert-OH is 1. The van der Waals surface area contributed by atoms with Crippen LogP contribution in [-0.4, -0.2) is 41.7 Å². The molecule has 3 N–H and O–H groups in total. The van der Waals surface area contributed by atoms with E-state index in [1.54, 1.807) is 0 Å². The number of likely N-dealkylation sites (N-methyl/N-ethyl adjacent to an activating group) is 1. The Balaban J connectivity index is 2.20. The van der Waals surface area contributed by atoms with E-state index in [4.69, 9.17) is 0 Å². The number of carbonyl (C=O) groups excluding carboxylic acids is 1. The molecule has 0 aliphatic carbocycles. The van der Waals surface area contributed by atoms with Crippen molar-refractivity contribution in [1.82, 2.24) is 10.3 Å². The van der Waals surface area contributed by atoms with Gasteiger partial charge in [0, 0.05) is 29.7 Å². The number of H-pyrrole nitrogens is 1. The summed E-state index contributed by atoms with van der Waals surface area (Å²) in [6.07, 6.45) is 8.91. The Labute approximate surface area is 192 Å². The van der Waals surface area contributed by atoms with E-state index in [9.17, 15) is 9.90 Å². The highest BCUT2D eigenvalue weighted by Crippen LogP contribution is 2.41. The van der Waals surface area contributed by atoms with E-state index in [-0.39, 0.29) is 35.9 Å². The van der Waals surface area contributed by atoms with Crippen LogP contribution in [0.3, 0.4) is 0 Å². The molecule has 0 fully saturated rings. The molecule has 1 aromatic carbocycles. The van der Waals surface area contributed by atoms with E-state index >= 15 is 0 Å². The number of aromatic amines is 1. The second kappa shape index (κ2) is 9.53. The number of hydrogen-bond donors (Lipinski definition) is 3. The highest BCUT2D eigenvalue weighted by molar-refractivity contribution is 6.00. The molecule has 32 heavy (non-hydrogen) atoms. The number of allylic oxidation sites excluding steroid dienone is 3. The van der Waals surface area contributed by atoms with Crippen LogP contribution in [0.4, 0.5) is 5.69 Å². The summed E-state index contributed by atoms with van der Waals surface area (Å²) in [5, 5.41) is 14.2. The van der Waals surface area contributed by atoms with Gasteiger partial charge in [-0.05, 0) is 56.2 Å². The predicted molar refractivity (Wildman–Crippen MR) is 134 cm³/mol. The molecular weight excluding hydrogens is 398 g/mol. The topological polar surface area (TPSA) is 68.4 Å². The molecule has 0 unspecified atom stereocenters. The van der Waals surface area contributed by atoms with Crippen molar-refractivity contribution in [3.05, 3.63) is 53.8 Å². The molecule has 0 radical (unpaired) electrons. The van der Waals surface area contributed by atoms with Crippen molar-refractivity contribution in [2.75, 3.05) is 18.6 Å². The van der Waals surface area contributed by atoms with Crippen LogP contribution in [0.25, 0.3) is 10.9 Å². The SMILES string of the molecule is C=C[C@@](C)(CCC=C(C)C)c1ccc2c3c(c[nH]c13)C[C@@H](CO)NC(=O)[C@H](C(C)C)N2C. The van der Waals surface area contributed by atoms with Crippen molar-refractivity contribution >= 4 is 22.5 Å². The standard InChI is InChI=1S/C27H39N3O2/c1-8-27(6,13-9-10-17(2)3)21-11-12-22-23-19(15-28-24(21)23)14-20(16-31)29-26(32)25(18(4)5)30(22)7/h8,10-12,15,18,20,25,28,31H,1,9,13-14,16H2,2-7H3,(H,29,32)/t20-,25-,27-/m0/s1. The molecular formula is C27H39N3O2. The van der Waals surface area contributed by atoms with Crippen molar-refractivity contribution in [3.63, 3.8) is 0 Å². The Morgan fingerprint density at radius 2 is 2.09 bits per heavy atom. The van der Waals surface area contributed by atoms with Gasteiger partial charge in [0.05, 0.1) is 18.2 Å². The smallest absolute Gasteiger partial charge is 0.243 e. The van der Waals surface area contributed by atoms with Crippen molar-refractivity contribution in [2.24, 2.45) is 5.92 Å². The number of rotatable bonds is 7. The summed E-state index contributed by atoms with van der Waals surface area (Å²) in [7, 11) is 2.00. The number of carbonyl (C=O) groups is 1. The van der Waals surface area contributed by atoms with E-state index in [1.807, 2.05) is 13.2 Å². The molecule has 1 aliphatic rings. The zero-order valence-corrected chi connectivity index (χ0v) is 20.5. The average Bonchev–Trinajstić information content (AvgIpc) is 3.16. The lowest BCUT2D eigenvalue weighted by molar-refractivity contribution is -0.124. The van der Waals surface area contributed by atoms with Crippen LogP contribution in [0.2, 0.25) is 0 Å². The molecule has 3 rings (SSSR count). The van der Waals surface area contributed by atoms with E-state index in [2.05, 4.69) is 80.7 Å². The minimum Gasteiger partial charge on any atom is -0.394 e. The predicted octanol–water partition coefficient (Wildman–Crippen LogP) is 4.85. The molecule has 0 bridgehead atoms. The minimum atomic E-state index is -0.317. The van der Waals surface area contributed by atoms with Gasteiger partial charge in [-0.3, -0.25) is 4.79 Å². The zero-order valence-electron chi connectivity index (χ0n) is 20.5. The molecule has 5 heteroatoms. The van der Waals surface area contributed by atoms with Gasteiger partial charge >= 0.3 is 0 Å². The molecule has 1 aliphatic heterocycles. The zero-order chi connectivity index (χ0) is 23.6.